The summed E-state index contributed by atoms with van der Waals surface area (Å²) in [4.78, 5) is 23.6. The molecule has 0 saturated carbocycles. The topological polar surface area (TPSA) is 91.6 Å². The maximum Gasteiger partial charge on any atom is 0.372 e. The van der Waals surface area contributed by atoms with E-state index in [1.54, 1.807) is 6.92 Å². The molecule has 0 N–H and O–H groups in total. The van der Waals surface area contributed by atoms with Gasteiger partial charge in [-0.25, -0.2) is 9.78 Å². The lowest BCUT2D eigenvalue weighted by Gasteiger charge is -2.05. The first-order valence-electron chi connectivity index (χ1n) is 4.33. The molecule has 0 saturated heterocycles. The van der Waals surface area contributed by atoms with Crippen molar-refractivity contribution in [2.24, 2.45) is 0 Å². The van der Waals surface area contributed by atoms with Gasteiger partial charge in [-0.2, -0.15) is 0 Å². The third kappa shape index (κ3) is 2.55. The Labute approximate surface area is 90.5 Å². The second kappa shape index (κ2) is 5.47. The molecule has 0 atom stereocenters. The molecule has 0 radical (unpaired) electrons. The van der Waals surface area contributed by atoms with Crippen molar-refractivity contribution in [2.75, 3.05) is 6.61 Å². The Balaban J connectivity index is 3.20. The van der Waals surface area contributed by atoms with Gasteiger partial charge >= 0.3 is 11.6 Å². The first kappa shape index (κ1) is 11.7. The molecular weight excluding hydrogens is 216 g/mol. The van der Waals surface area contributed by atoms with Crippen molar-refractivity contribution in [1.82, 2.24) is 4.98 Å². The first-order valence-corrected chi connectivity index (χ1v) is 4.33. The van der Waals surface area contributed by atoms with E-state index in [4.69, 9.17) is 4.74 Å². The van der Waals surface area contributed by atoms with Crippen LogP contribution in [0.1, 0.15) is 6.92 Å². The van der Waals surface area contributed by atoms with Crippen molar-refractivity contribution < 1.29 is 19.2 Å². The minimum atomic E-state index is -0.689. The lowest BCUT2D eigenvalue weighted by Crippen LogP contribution is -2.01. The van der Waals surface area contributed by atoms with Crippen LogP contribution in [0.4, 0.5) is 5.69 Å². The molecule has 84 valence electrons. The lowest BCUT2D eigenvalue weighted by atomic mass is 10.4. The van der Waals surface area contributed by atoms with Gasteiger partial charge in [-0.15, -0.1) is 0 Å². The summed E-state index contributed by atoms with van der Waals surface area (Å²) in [5.41, 5.74) is -0.421. The molecule has 0 aliphatic rings. The molecule has 0 amide bonds. The molecule has 0 aliphatic carbocycles. The van der Waals surface area contributed by atoms with Crippen molar-refractivity contribution in [3.8, 4) is 11.6 Å². The van der Waals surface area contributed by atoms with Crippen LogP contribution in [0, 0.1) is 10.1 Å². The molecule has 1 aromatic heterocycles. The fraction of sp³-hybridized carbons (Fsp3) is 0.222. The third-order valence-electron chi connectivity index (χ3n) is 1.55. The predicted molar refractivity (Wildman–Crippen MR) is 53.0 cm³/mol. The minimum absolute atomic E-state index is 0.0387. The summed E-state index contributed by atoms with van der Waals surface area (Å²) in [6.45, 7) is 1.96. The number of aromatic nitrogens is 1. The molecular formula is C9H8N2O5. The summed E-state index contributed by atoms with van der Waals surface area (Å²) >= 11 is 0. The van der Waals surface area contributed by atoms with Crippen molar-refractivity contribution in [1.29, 1.82) is 0 Å². The Morgan fingerprint density at radius 2 is 2.44 bits per heavy atom. The number of rotatable bonds is 5. The largest absolute Gasteiger partial charge is 0.487 e. The lowest BCUT2D eigenvalue weighted by molar-refractivity contribution is -0.387. The van der Waals surface area contributed by atoms with Crippen molar-refractivity contribution in [3.63, 3.8) is 0 Å². The number of hydrogen-bond donors (Lipinski definition) is 0. The molecule has 7 heteroatoms. The van der Waals surface area contributed by atoms with E-state index in [-0.39, 0.29) is 18.2 Å². The van der Waals surface area contributed by atoms with Crippen LogP contribution in [0.5, 0.6) is 11.6 Å². The fourth-order valence-electron chi connectivity index (χ4n) is 1.02. The van der Waals surface area contributed by atoms with Gasteiger partial charge in [0.25, 0.3) is 0 Å². The SMILES string of the molecule is CCOc1ccnc(OC=C=O)c1[N+](=O)[O-]. The highest BCUT2D eigenvalue weighted by atomic mass is 16.6. The normalized spacial score (nSPS) is 9.06. The monoisotopic (exact) mass is 224 g/mol. The number of carbonyl (C=O) groups excluding carboxylic acids is 1. The number of nitrogens with zero attached hydrogens (tertiary/aromatic N) is 2. The number of nitro groups is 1. The second-order valence-corrected chi connectivity index (χ2v) is 2.51. The number of ether oxygens (including phenoxy) is 2. The Morgan fingerprint density at radius 3 is 3.00 bits per heavy atom. The Bertz CT molecular complexity index is 440. The highest BCUT2D eigenvalue weighted by Crippen LogP contribution is 2.34. The van der Waals surface area contributed by atoms with E-state index in [0.717, 1.165) is 0 Å². The zero-order valence-corrected chi connectivity index (χ0v) is 8.37. The Kier molecular flexibility index (Phi) is 3.99. The van der Waals surface area contributed by atoms with Gasteiger partial charge in [0.2, 0.25) is 5.75 Å². The van der Waals surface area contributed by atoms with Crippen LogP contribution >= 0.6 is 0 Å². The average Bonchev–Trinajstić information content (AvgIpc) is 2.26. The maximum absolute atomic E-state index is 10.8. The minimum Gasteiger partial charge on any atom is -0.487 e. The molecule has 1 heterocycles. The summed E-state index contributed by atoms with van der Waals surface area (Å²) in [6.07, 6.45) is 1.93. The van der Waals surface area contributed by atoms with Crippen LogP contribution in [-0.2, 0) is 4.79 Å². The van der Waals surface area contributed by atoms with Gasteiger partial charge in [0.1, 0.15) is 0 Å². The third-order valence-corrected chi connectivity index (χ3v) is 1.55. The average molecular weight is 224 g/mol. The van der Waals surface area contributed by atoms with Gasteiger partial charge in [-0.05, 0) is 6.92 Å². The number of pyridine rings is 1. The maximum atomic E-state index is 10.8. The van der Waals surface area contributed by atoms with E-state index < -0.39 is 10.6 Å². The quantitative estimate of drug-likeness (QED) is 0.322. The molecule has 1 aromatic rings. The van der Waals surface area contributed by atoms with Crippen LogP contribution in [-0.4, -0.2) is 22.5 Å². The highest BCUT2D eigenvalue weighted by Gasteiger charge is 2.23. The van der Waals surface area contributed by atoms with Crippen molar-refractivity contribution in [2.45, 2.75) is 6.92 Å². The van der Waals surface area contributed by atoms with E-state index in [2.05, 4.69) is 9.72 Å². The summed E-state index contributed by atoms with van der Waals surface area (Å²) < 4.78 is 9.70. The zero-order valence-electron chi connectivity index (χ0n) is 8.37. The van der Waals surface area contributed by atoms with Gasteiger partial charge in [0.05, 0.1) is 11.5 Å². The Morgan fingerprint density at radius 1 is 1.69 bits per heavy atom. The second-order valence-electron chi connectivity index (χ2n) is 2.51. The molecule has 0 bridgehead atoms. The van der Waals surface area contributed by atoms with Gasteiger partial charge in [0.15, 0.2) is 12.2 Å². The molecule has 0 unspecified atom stereocenters. The molecule has 16 heavy (non-hydrogen) atoms. The van der Waals surface area contributed by atoms with Crippen molar-refractivity contribution in [3.05, 3.63) is 28.6 Å². The molecule has 0 aliphatic heterocycles. The van der Waals surface area contributed by atoms with E-state index in [9.17, 15) is 14.9 Å². The molecule has 7 nitrogen and oxygen atoms in total. The van der Waals surface area contributed by atoms with E-state index in [1.807, 2.05) is 0 Å². The van der Waals surface area contributed by atoms with E-state index in [1.165, 1.54) is 18.2 Å². The van der Waals surface area contributed by atoms with Crippen LogP contribution in [0.25, 0.3) is 0 Å². The fourth-order valence-corrected chi connectivity index (χ4v) is 1.02. The van der Waals surface area contributed by atoms with Crippen LogP contribution in [0.2, 0.25) is 0 Å². The van der Waals surface area contributed by atoms with Crippen LogP contribution < -0.4 is 9.47 Å². The zero-order chi connectivity index (χ0) is 12.0. The molecule has 1 rings (SSSR count). The highest BCUT2D eigenvalue weighted by molar-refractivity contribution is 5.54. The molecule has 0 spiro atoms. The standard InChI is InChI=1S/C9H8N2O5/c1-2-15-7-3-4-10-9(16-6-5-12)8(7)11(13)14/h3-4,6H,2H2,1H3. The Hall–Kier alpha value is -2.40. The van der Waals surface area contributed by atoms with Gasteiger partial charge < -0.3 is 9.47 Å². The number of hydrogen-bond acceptors (Lipinski definition) is 6. The summed E-state index contributed by atoms with van der Waals surface area (Å²) in [5, 5.41) is 10.8. The van der Waals surface area contributed by atoms with Gasteiger partial charge in [-0.1, -0.05) is 0 Å². The van der Waals surface area contributed by atoms with E-state index >= 15 is 0 Å². The summed E-state index contributed by atoms with van der Waals surface area (Å²) in [7, 11) is 0. The summed E-state index contributed by atoms with van der Waals surface area (Å²) in [5.74, 6) is 1.07. The summed E-state index contributed by atoms with van der Waals surface area (Å²) in [6, 6.07) is 1.35. The van der Waals surface area contributed by atoms with Gasteiger partial charge in [0, 0.05) is 12.3 Å². The molecule has 0 fully saturated rings. The smallest absolute Gasteiger partial charge is 0.372 e. The van der Waals surface area contributed by atoms with Crippen LogP contribution in [0.15, 0.2) is 18.5 Å². The van der Waals surface area contributed by atoms with Crippen molar-refractivity contribution >= 4 is 11.6 Å². The van der Waals surface area contributed by atoms with Gasteiger partial charge in [-0.3, -0.25) is 10.1 Å². The van der Waals surface area contributed by atoms with Crippen LogP contribution in [0.3, 0.4) is 0 Å². The molecule has 0 aromatic carbocycles. The first-order chi connectivity index (χ1) is 7.70. The van der Waals surface area contributed by atoms with E-state index in [0.29, 0.717) is 6.26 Å². The predicted octanol–water partition coefficient (Wildman–Crippen LogP) is 1.11.